The molecule has 0 N–H and O–H groups in total. The second kappa shape index (κ2) is 41.0. The van der Waals surface area contributed by atoms with Crippen molar-refractivity contribution in [2.45, 2.75) is 326 Å². The number of hydrogen-bond donors (Lipinski definition) is 0. The number of hydrogen-bond acceptors (Lipinski definition) is 15. The van der Waals surface area contributed by atoms with Crippen LogP contribution in [0, 0.1) is 62.1 Å². The van der Waals surface area contributed by atoms with Crippen LogP contribution >= 0.6 is 0 Å². The van der Waals surface area contributed by atoms with E-state index in [4.69, 9.17) is 42.6 Å². The van der Waals surface area contributed by atoms with E-state index in [9.17, 15) is 28.8 Å². The number of allylic oxidation sites excluding steroid dienone is 6. The van der Waals surface area contributed by atoms with Crippen molar-refractivity contribution in [2.24, 2.45) is 62.1 Å². The summed E-state index contributed by atoms with van der Waals surface area (Å²) in [6, 6.07) is 0. The van der Waals surface area contributed by atoms with Crippen LogP contribution < -0.4 is 0 Å². The third-order valence-electron chi connectivity index (χ3n) is 21.9. The predicted octanol–water partition coefficient (Wildman–Crippen LogP) is 19.6. The first-order valence-electron chi connectivity index (χ1n) is 37.4. The van der Waals surface area contributed by atoms with Crippen LogP contribution in [0.2, 0.25) is 0 Å². The van der Waals surface area contributed by atoms with Gasteiger partial charge in [-0.25, -0.2) is 0 Å². The first-order valence-corrected chi connectivity index (χ1v) is 37.4. The van der Waals surface area contributed by atoms with Crippen molar-refractivity contribution in [3.63, 3.8) is 0 Å². The molecule has 15 heteroatoms. The Bertz CT molecular complexity index is 2500. The zero-order valence-electron chi connectivity index (χ0n) is 66.5. The van der Waals surface area contributed by atoms with Gasteiger partial charge in [0.25, 0.3) is 0 Å². The van der Waals surface area contributed by atoms with E-state index in [1.165, 1.54) is 22.3 Å². The Morgan fingerprint density at radius 2 is 0.958 bits per heavy atom. The summed E-state index contributed by atoms with van der Waals surface area (Å²) in [5.41, 5.74) is 4.71. The van der Waals surface area contributed by atoms with Crippen LogP contribution in [-0.2, 0) is 71.4 Å². The van der Waals surface area contributed by atoms with E-state index in [2.05, 4.69) is 95.2 Å². The summed E-state index contributed by atoms with van der Waals surface area (Å²) in [5, 5.41) is 0. The van der Waals surface area contributed by atoms with E-state index in [-0.39, 0.29) is 79.7 Å². The Hall–Kier alpha value is -4.08. The highest BCUT2D eigenvalue weighted by atomic mass is 16.6. The molecule has 96 heavy (non-hydrogen) atoms. The summed E-state index contributed by atoms with van der Waals surface area (Å²) in [7, 11) is 0. The van der Waals surface area contributed by atoms with Crippen LogP contribution in [0.1, 0.15) is 309 Å². The number of carbonyl (C=O) groups excluding carboxylic acids is 6. The van der Waals surface area contributed by atoms with E-state index in [0.717, 1.165) is 123 Å². The average molecular weight is 1360 g/mol. The molecule has 9 atom stereocenters. The molecule has 15 nitrogen and oxygen atoms in total. The fourth-order valence-corrected chi connectivity index (χ4v) is 15.3. The number of esters is 6. The van der Waals surface area contributed by atoms with E-state index in [1.54, 1.807) is 0 Å². The van der Waals surface area contributed by atoms with Crippen LogP contribution in [0.3, 0.4) is 0 Å². The molecule has 4 fully saturated rings. The van der Waals surface area contributed by atoms with Gasteiger partial charge in [0.1, 0.15) is 0 Å². The molecule has 0 heterocycles. The zero-order chi connectivity index (χ0) is 73.7. The van der Waals surface area contributed by atoms with Gasteiger partial charge in [-0.3, -0.25) is 28.8 Å². The van der Waals surface area contributed by atoms with Crippen LogP contribution in [0.4, 0.5) is 0 Å². The molecule has 0 aromatic carbocycles. The lowest BCUT2D eigenvalue weighted by atomic mass is 9.77. The number of ether oxygens (including phenoxy) is 9. The van der Waals surface area contributed by atoms with Crippen molar-refractivity contribution in [2.75, 3.05) is 59.5 Å². The van der Waals surface area contributed by atoms with Crippen LogP contribution in [-0.4, -0.2) is 112 Å². The van der Waals surface area contributed by atoms with E-state index >= 15 is 0 Å². The Morgan fingerprint density at radius 3 is 1.38 bits per heavy atom. The number of carbonyl (C=O) groups is 6. The Balaban J connectivity index is 0.000000578. The highest BCUT2D eigenvalue weighted by Crippen LogP contribution is 2.53. The minimum atomic E-state index is -0.398. The van der Waals surface area contributed by atoms with Gasteiger partial charge in [0.15, 0.2) is 0 Å². The maximum absolute atomic E-state index is 12.0. The molecule has 0 bridgehead atoms. The predicted molar refractivity (Wildman–Crippen MR) is 388 cm³/mol. The molecule has 6 rings (SSSR count). The van der Waals surface area contributed by atoms with Crippen molar-refractivity contribution in [3.05, 3.63) is 34.4 Å². The smallest absolute Gasteiger partial charge is 0.312 e. The van der Waals surface area contributed by atoms with E-state index in [1.807, 2.05) is 104 Å². The molecular formula is C81H144O15. The lowest BCUT2D eigenvalue weighted by Crippen LogP contribution is -2.37. The molecule has 0 aromatic rings. The SMILES string of the molecule is CCOC(=O)C(C)(C)C1C=C(C)CC1.CCOC(=O)C(C)(C)C1CC=C(C)C1.CCOC(=O)C(C)(C)C1CCC(C)(OCC)C1.CCOC(=O)CC1(C)CCC(=C(C)C)C1.CCOC(=O)CC1(C)CCC(C(C)(C)OCC)C1.CCOC(=O)CC1(C)CCC(OCC)(C(C)C)C1. The van der Waals surface area contributed by atoms with Crippen molar-refractivity contribution in [3.8, 4) is 0 Å². The van der Waals surface area contributed by atoms with Gasteiger partial charge in [-0.1, -0.05) is 69.1 Å². The standard InChI is InChI=1S/2C15H28O3.C14H26O3.C13H22O2.2C12H20O2/c1-6-17-13(16)11-15(5)9-8-12(10-15)14(3,4)18-7-2;1-6-17-13(16)10-14(5)8-9-15(11-14,12(3)4)18-7-2;1-6-16-12(15)13(3,4)11-8-9-14(5,10-11)17-7-2;1-5-15-12(14)9-13(4)7-6-11(8-13)10(2)3;2*1-5-14-11(13)12(3,4)10-7-6-9(2)8-10/h2*12H,6-11H2,1-5H3;11H,6-10H2,1-5H3;5-9H2,1-4H3;8,10H,5-7H2,1-4H3;6,10H,5,7-8H2,1-4H3. The van der Waals surface area contributed by atoms with Gasteiger partial charge in [0, 0.05) is 19.8 Å². The summed E-state index contributed by atoms with van der Waals surface area (Å²) in [5.74, 6) is 1.76. The average Bonchev–Trinajstić information content (AvgIpc) is 1.63. The molecular weight excluding hydrogens is 1210 g/mol. The molecule has 0 aliphatic heterocycles. The van der Waals surface area contributed by atoms with Gasteiger partial charge in [-0.15, -0.1) is 0 Å². The minimum Gasteiger partial charge on any atom is -0.466 e. The summed E-state index contributed by atoms with van der Waals surface area (Å²) < 4.78 is 48.2. The maximum Gasteiger partial charge on any atom is 0.312 e. The zero-order valence-corrected chi connectivity index (χ0v) is 66.5. The monoisotopic (exact) mass is 1360 g/mol. The van der Waals surface area contributed by atoms with Gasteiger partial charge in [0.05, 0.1) is 92.0 Å². The van der Waals surface area contributed by atoms with Crippen LogP contribution in [0.5, 0.6) is 0 Å². The summed E-state index contributed by atoms with van der Waals surface area (Å²) in [6.07, 6.45) is 23.0. The highest BCUT2D eigenvalue weighted by molar-refractivity contribution is 5.78. The molecule has 0 saturated heterocycles. The topological polar surface area (TPSA) is 185 Å². The normalized spacial score (nSPS) is 26.9. The molecule has 4 saturated carbocycles. The van der Waals surface area contributed by atoms with E-state index < -0.39 is 5.41 Å². The Labute approximate surface area is 586 Å². The molecule has 0 amide bonds. The minimum absolute atomic E-state index is 0.0334. The second-order valence-corrected chi connectivity index (χ2v) is 32.5. The fraction of sp³-hybridized carbons (Fsp3) is 0.852. The van der Waals surface area contributed by atoms with Gasteiger partial charge in [-0.05, 0) is 301 Å². The molecule has 6 aliphatic rings. The van der Waals surface area contributed by atoms with Gasteiger partial charge < -0.3 is 42.6 Å². The molecule has 0 spiro atoms. The maximum atomic E-state index is 12.0. The van der Waals surface area contributed by atoms with Crippen LogP contribution in [0.25, 0.3) is 0 Å². The van der Waals surface area contributed by atoms with Crippen molar-refractivity contribution < 1.29 is 71.4 Å². The molecule has 558 valence electrons. The molecule has 0 radical (unpaired) electrons. The van der Waals surface area contributed by atoms with Crippen molar-refractivity contribution in [1.82, 2.24) is 0 Å². The summed E-state index contributed by atoms with van der Waals surface area (Å²) in [6.45, 7) is 60.3. The quantitative estimate of drug-likeness (QED) is 0.0452. The van der Waals surface area contributed by atoms with Gasteiger partial charge >= 0.3 is 35.8 Å². The lowest BCUT2D eigenvalue weighted by molar-refractivity contribution is -0.157. The summed E-state index contributed by atoms with van der Waals surface area (Å²) >= 11 is 0. The molecule has 6 aliphatic carbocycles. The summed E-state index contributed by atoms with van der Waals surface area (Å²) in [4.78, 5) is 70.1. The van der Waals surface area contributed by atoms with Crippen molar-refractivity contribution >= 4 is 35.8 Å². The third kappa shape index (κ3) is 28.9. The third-order valence-corrected chi connectivity index (χ3v) is 21.9. The first kappa shape index (κ1) is 89.9. The van der Waals surface area contributed by atoms with Gasteiger partial charge in [0.2, 0.25) is 0 Å². The fourth-order valence-electron chi connectivity index (χ4n) is 15.3. The second-order valence-electron chi connectivity index (χ2n) is 32.5. The molecule has 0 aromatic heterocycles. The highest BCUT2D eigenvalue weighted by Gasteiger charge is 2.50. The Kier molecular flexibility index (Phi) is 38.4. The largest absolute Gasteiger partial charge is 0.466 e. The van der Waals surface area contributed by atoms with E-state index in [0.29, 0.717) is 88.5 Å². The lowest BCUT2D eigenvalue weighted by Gasteiger charge is -2.35. The first-order chi connectivity index (χ1) is 44.5. The van der Waals surface area contributed by atoms with Gasteiger partial charge in [-0.2, -0.15) is 0 Å². The van der Waals surface area contributed by atoms with Crippen molar-refractivity contribution in [1.29, 1.82) is 0 Å². The molecule has 9 unspecified atom stereocenters. The van der Waals surface area contributed by atoms with Crippen LogP contribution in [0.15, 0.2) is 34.4 Å². The Morgan fingerprint density at radius 1 is 0.490 bits per heavy atom. The number of rotatable bonds is 26.